The van der Waals surface area contributed by atoms with Gasteiger partial charge in [0.05, 0.1) is 18.5 Å². The molecule has 1 aromatic heterocycles. The van der Waals surface area contributed by atoms with Crippen LogP contribution < -0.4 is 4.74 Å². The van der Waals surface area contributed by atoms with Crippen molar-refractivity contribution in [3.8, 4) is 34.0 Å². The van der Waals surface area contributed by atoms with Crippen LogP contribution in [0.4, 0.5) is 0 Å². The minimum absolute atomic E-state index is 0.146. The maximum atomic E-state index is 9.91. The first-order valence-electron chi connectivity index (χ1n) is 6.36. The molecule has 0 bridgehead atoms. The van der Waals surface area contributed by atoms with Gasteiger partial charge in [0.15, 0.2) is 0 Å². The fourth-order valence-electron chi connectivity index (χ4n) is 2.09. The predicted octanol–water partition coefficient (Wildman–Crippen LogP) is 4.11. The molecule has 2 aromatic carbocycles. The third-order valence-corrected chi connectivity index (χ3v) is 3.45. The predicted molar refractivity (Wildman–Crippen MR) is 82.7 cm³/mol. The highest BCUT2D eigenvalue weighted by Crippen LogP contribution is 2.32. The van der Waals surface area contributed by atoms with E-state index in [4.69, 9.17) is 16.3 Å². The van der Waals surface area contributed by atoms with Gasteiger partial charge >= 0.3 is 0 Å². The molecule has 0 saturated heterocycles. The van der Waals surface area contributed by atoms with Gasteiger partial charge in [0.2, 0.25) is 0 Å². The molecular formula is C16H13ClN2O2. The highest BCUT2D eigenvalue weighted by atomic mass is 35.5. The van der Waals surface area contributed by atoms with Crippen molar-refractivity contribution in [2.75, 3.05) is 7.11 Å². The van der Waals surface area contributed by atoms with E-state index in [0.29, 0.717) is 16.3 Å². The van der Waals surface area contributed by atoms with E-state index in [1.54, 1.807) is 25.3 Å². The fraction of sp³-hybridized carbons (Fsp3) is 0.0625. The molecule has 0 aliphatic rings. The molecule has 0 spiro atoms. The maximum Gasteiger partial charge on any atom is 0.125 e. The molecule has 0 amide bonds. The molecule has 0 fully saturated rings. The number of aromatic nitrogens is 2. The number of aromatic amines is 1. The molecule has 0 radical (unpaired) electrons. The second kappa shape index (κ2) is 5.50. The van der Waals surface area contributed by atoms with Gasteiger partial charge in [-0.05, 0) is 54.1 Å². The van der Waals surface area contributed by atoms with E-state index in [9.17, 15) is 5.11 Å². The SMILES string of the molecule is COc1ccc(-c2cc(-c3cc(Cl)ccc3O)n[nH]2)cc1. The molecule has 0 atom stereocenters. The normalized spacial score (nSPS) is 10.6. The van der Waals surface area contributed by atoms with E-state index in [1.165, 1.54) is 0 Å². The zero-order chi connectivity index (χ0) is 14.8. The quantitative estimate of drug-likeness (QED) is 0.765. The first-order chi connectivity index (χ1) is 10.2. The van der Waals surface area contributed by atoms with Crippen LogP contribution in [-0.2, 0) is 0 Å². The zero-order valence-corrected chi connectivity index (χ0v) is 12.1. The van der Waals surface area contributed by atoms with Crippen LogP contribution in [-0.4, -0.2) is 22.4 Å². The van der Waals surface area contributed by atoms with Crippen LogP contribution in [0.15, 0.2) is 48.5 Å². The van der Waals surface area contributed by atoms with Gasteiger partial charge in [0.25, 0.3) is 0 Å². The summed E-state index contributed by atoms with van der Waals surface area (Å²) in [5.41, 5.74) is 3.07. The maximum absolute atomic E-state index is 9.91. The van der Waals surface area contributed by atoms with E-state index in [1.807, 2.05) is 30.3 Å². The van der Waals surface area contributed by atoms with Crippen LogP contribution >= 0.6 is 11.6 Å². The lowest BCUT2D eigenvalue weighted by Crippen LogP contribution is -1.82. The summed E-state index contributed by atoms with van der Waals surface area (Å²) in [6.45, 7) is 0. The number of nitrogens with zero attached hydrogens (tertiary/aromatic N) is 1. The van der Waals surface area contributed by atoms with Crippen molar-refractivity contribution in [2.24, 2.45) is 0 Å². The van der Waals surface area contributed by atoms with Crippen molar-refractivity contribution in [3.05, 3.63) is 53.6 Å². The van der Waals surface area contributed by atoms with Crippen molar-refractivity contribution >= 4 is 11.6 Å². The molecule has 0 saturated carbocycles. The van der Waals surface area contributed by atoms with Gasteiger partial charge in [-0.3, -0.25) is 5.10 Å². The Balaban J connectivity index is 1.97. The van der Waals surface area contributed by atoms with Gasteiger partial charge in [0, 0.05) is 10.6 Å². The number of hydrogen-bond acceptors (Lipinski definition) is 3. The summed E-state index contributed by atoms with van der Waals surface area (Å²) in [5.74, 6) is 0.943. The number of ether oxygens (including phenoxy) is 1. The number of aromatic hydroxyl groups is 1. The Morgan fingerprint density at radius 1 is 1.10 bits per heavy atom. The minimum atomic E-state index is 0.146. The molecule has 0 aliphatic heterocycles. The number of phenolic OH excluding ortho intramolecular Hbond substituents is 1. The molecular weight excluding hydrogens is 288 g/mol. The third-order valence-electron chi connectivity index (χ3n) is 3.21. The largest absolute Gasteiger partial charge is 0.507 e. The summed E-state index contributed by atoms with van der Waals surface area (Å²) in [5, 5.41) is 17.7. The lowest BCUT2D eigenvalue weighted by atomic mass is 10.1. The first-order valence-corrected chi connectivity index (χ1v) is 6.74. The van der Waals surface area contributed by atoms with Gasteiger partial charge in [-0.1, -0.05) is 11.6 Å². The third kappa shape index (κ3) is 2.71. The van der Waals surface area contributed by atoms with E-state index in [-0.39, 0.29) is 5.75 Å². The van der Waals surface area contributed by atoms with Gasteiger partial charge in [0.1, 0.15) is 11.5 Å². The topological polar surface area (TPSA) is 58.1 Å². The molecule has 0 aliphatic carbocycles. The molecule has 21 heavy (non-hydrogen) atoms. The second-order valence-corrected chi connectivity index (χ2v) is 4.99. The van der Waals surface area contributed by atoms with Crippen LogP contribution in [0, 0.1) is 0 Å². The molecule has 5 heteroatoms. The van der Waals surface area contributed by atoms with E-state index < -0.39 is 0 Å². The Morgan fingerprint density at radius 3 is 2.57 bits per heavy atom. The average Bonchev–Trinajstić information content (AvgIpc) is 2.99. The lowest BCUT2D eigenvalue weighted by molar-refractivity contribution is 0.415. The Bertz CT molecular complexity index is 766. The van der Waals surface area contributed by atoms with E-state index in [0.717, 1.165) is 17.0 Å². The Kier molecular flexibility index (Phi) is 3.54. The number of methoxy groups -OCH3 is 1. The van der Waals surface area contributed by atoms with E-state index in [2.05, 4.69) is 10.2 Å². The molecule has 106 valence electrons. The highest BCUT2D eigenvalue weighted by molar-refractivity contribution is 6.30. The van der Waals surface area contributed by atoms with Crippen molar-refractivity contribution in [2.45, 2.75) is 0 Å². The Hall–Kier alpha value is -2.46. The average molecular weight is 301 g/mol. The monoisotopic (exact) mass is 300 g/mol. The summed E-state index contributed by atoms with van der Waals surface area (Å²) in [7, 11) is 1.63. The number of nitrogens with one attached hydrogen (secondary N) is 1. The van der Waals surface area contributed by atoms with Crippen molar-refractivity contribution < 1.29 is 9.84 Å². The first kappa shape index (κ1) is 13.5. The summed E-state index contributed by atoms with van der Waals surface area (Å²) < 4.78 is 5.13. The number of phenols is 1. The molecule has 3 rings (SSSR count). The fourth-order valence-corrected chi connectivity index (χ4v) is 2.26. The molecule has 2 N–H and O–H groups in total. The number of H-pyrrole nitrogens is 1. The van der Waals surface area contributed by atoms with Crippen molar-refractivity contribution in [3.63, 3.8) is 0 Å². The van der Waals surface area contributed by atoms with Crippen molar-refractivity contribution in [1.29, 1.82) is 0 Å². The second-order valence-electron chi connectivity index (χ2n) is 4.56. The summed E-state index contributed by atoms with van der Waals surface area (Å²) >= 11 is 5.96. The Morgan fingerprint density at radius 2 is 1.86 bits per heavy atom. The number of hydrogen-bond donors (Lipinski definition) is 2. The number of benzene rings is 2. The van der Waals surface area contributed by atoms with Gasteiger partial charge in [-0.2, -0.15) is 5.10 Å². The van der Waals surface area contributed by atoms with Crippen LogP contribution in [0.25, 0.3) is 22.5 Å². The van der Waals surface area contributed by atoms with Gasteiger partial charge in [-0.25, -0.2) is 0 Å². The summed E-state index contributed by atoms with van der Waals surface area (Å²) in [6.07, 6.45) is 0. The summed E-state index contributed by atoms with van der Waals surface area (Å²) in [6, 6.07) is 14.4. The molecule has 1 heterocycles. The Labute approximate surface area is 127 Å². The number of rotatable bonds is 3. The van der Waals surface area contributed by atoms with Gasteiger partial charge < -0.3 is 9.84 Å². The lowest BCUT2D eigenvalue weighted by Gasteiger charge is -2.01. The zero-order valence-electron chi connectivity index (χ0n) is 11.3. The van der Waals surface area contributed by atoms with Crippen LogP contribution in [0.3, 0.4) is 0 Å². The van der Waals surface area contributed by atoms with E-state index >= 15 is 0 Å². The highest BCUT2D eigenvalue weighted by Gasteiger charge is 2.10. The molecule has 4 nitrogen and oxygen atoms in total. The van der Waals surface area contributed by atoms with Crippen LogP contribution in [0.2, 0.25) is 5.02 Å². The summed E-state index contributed by atoms with van der Waals surface area (Å²) in [4.78, 5) is 0. The molecule has 0 unspecified atom stereocenters. The van der Waals surface area contributed by atoms with Gasteiger partial charge in [-0.15, -0.1) is 0 Å². The standard InChI is InChI=1S/C16H13ClN2O2/c1-21-12-5-2-10(3-6-12)14-9-15(19-18-14)13-8-11(17)4-7-16(13)20/h2-9,20H,1H3,(H,18,19). The van der Waals surface area contributed by atoms with Crippen molar-refractivity contribution in [1.82, 2.24) is 10.2 Å². The smallest absolute Gasteiger partial charge is 0.125 e. The van der Waals surface area contributed by atoms with Crippen LogP contribution in [0.5, 0.6) is 11.5 Å². The van der Waals surface area contributed by atoms with Crippen LogP contribution in [0.1, 0.15) is 0 Å². The minimum Gasteiger partial charge on any atom is -0.507 e. The molecule has 3 aromatic rings. The number of halogens is 1.